The van der Waals surface area contributed by atoms with Crippen LogP contribution in [0.4, 0.5) is 10.1 Å². The van der Waals surface area contributed by atoms with Crippen molar-refractivity contribution in [1.82, 2.24) is 0 Å². The van der Waals surface area contributed by atoms with Crippen LogP contribution in [0, 0.1) is 11.2 Å². The molecule has 18 heavy (non-hydrogen) atoms. The molecule has 0 saturated heterocycles. The summed E-state index contributed by atoms with van der Waals surface area (Å²) in [5, 5.41) is 4.18. The van der Waals surface area contributed by atoms with Crippen molar-refractivity contribution >= 4 is 22.6 Å². The van der Waals surface area contributed by atoms with Gasteiger partial charge in [0.05, 0.1) is 0 Å². The van der Waals surface area contributed by atoms with Gasteiger partial charge in [0.15, 0.2) is 5.17 Å². The molecular weight excluding hydrogens is 247 g/mol. The molecule has 0 aliphatic carbocycles. The highest BCUT2D eigenvalue weighted by atomic mass is 32.2. The minimum absolute atomic E-state index is 0.213. The fraction of sp³-hybridized carbons (Fsp3) is 0.500. The maximum absolute atomic E-state index is 12.8. The molecule has 1 aliphatic rings. The Morgan fingerprint density at radius 2 is 1.94 bits per heavy atom. The van der Waals surface area contributed by atoms with Gasteiger partial charge in [0.1, 0.15) is 5.82 Å². The summed E-state index contributed by atoms with van der Waals surface area (Å²) in [7, 11) is 0. The smallest absolute Gasteiger partial charge is 0.161 e. The molecule has 1 N–H and O–H groups in total. The maximum Gasteiger partial charge on any atom is 0.161 e. The first-order valence-electron chi connectivity index (χ1n) is 6.37. The molecule has 1 heterocycles. The van der Waals surface area contributed by atoms with Crippen molar-refractivity contribution in [3.8, 4) is 0 Å². The van der Waals surface area contributed by atoms with E-state index in [4.69, 9.17) is 0 Å². The predicted octanol–water partition coefficient (Wildman–Crippen LogP) is 4.15. The molecule has 0 amide bonds. The molecule has 1 aromatic carbocycles. The highest BCUT2D eigenvalue weighted by Crippen LogP contribution is 2.35. The van der Waals surface area contributed by atoms with Crippen LogP contribution in [-0.4, -0.2) is 17.5 Å². The van der Waals surface area contributed by atoms with Crippen LogP contribution in [0.15, 0.2) is 29.3 Å². The van der Waals surface area contributed by atoms with Gasteiger partial charge in [-0.15, -0.1) is 0 Å². The number of anilines is 1. The minimum Gasteiger partial charge on any atom is -0.335 e. The Hall–Kier alpha value is -1.03. The first-order valence-corrected chi connectivity index (χ1v) is 7.36. The second kappa shape index (κ2) is 5.74. The molecule has 0 saturated carbocycles. The molecule has 4 heteroatoms. The molecule has 98 valence electrons. The number of thioether (sulfide) groups is 1. The zero-order chi connectivity index (χ0) is 13.0. The summed E-state index contributed by atoms with van der Waals surface area (Å²) in [4.78, 5) is 4.62. The van der Waals surface area contributed by atoms with E-state index in [9.17, 15) is 4.39 Å². The van der Waals surface area contributed by atoms with Crippen molar-refractivity contribution in [2.24, 2.45) is 10.4 Å². The summed E-state index contributed by atoms with van der Waals surface area (Å²) in [6, 6.07) is 6.39. The Kier molecular flexibility index (Phi) is 4.27. The van der Waals surface area contributed by atoms with E-state index in [1.807, 2.05) is 0 Å². The summed E-state index contributed by atoms with van der Waals surface area (Å²) in [5.74, 6) is 0.891. The lowest BCUT2D eigenvalue weighted by Gasteiger charge is -2.33. The van der Waals surface area contributed by atoms with Crippen molar-refractivity contribution < 1.29 is 4.39 Å². The number of hydrogen-bond donors (Lipinski definition) is 1. The lowest BCUT2D eigenvalue weighted by Crippen LogP contribution is -2.32. The standard InChI is InChI=1S/C14H19FN2S/c1-3-14(4-2)9-16-13(18-10-14)17-12-7-5-11(15)6-8-12/h5-8H,3-4,9-10H2,1-2H3,(H,16,17). The highest BCUT2D eigenvalue weighted by molar-refractivity contribution is 8.14. The van der Waals surface area contributed by atoms with Gasteiger partial charge in [0.2, 0.25) is 0 Å². The Labute approximate surface area is 112 Å². The van der Waals surface area contributed by atoms with E-state index >= 15 is 0 Å². The number of rotatable bonds is 3. The quantitative estimate of drug-likeness (QED) is 0.889. The van der Waals surface area contributed by atoms with E-state index in [1.165, 1.54) is 25.0 Å². The number of nitrogens with one attached hydrogen (secondary N) is 1. The second-order valence-corrected chi connectivity index (χ2v) is 5.71. The first kappa shape index (κ1) is 13.4. The molecular formula is C14H19FN2S. The number of halogens is 1. The third-order valence-corrected chi connectivity index (χ3v) is 4.93. The number of amidine groups is 1. The Morgan fingerprint density at radius 1 is 1.28 bits per heavy atom. The van der Waals surface area contributed by atoms with Crippen LogP contribution in [0.2, 0.25) is 0 Å². The van der Waals surface area contributed by atoms with Gasteiger partial charge in [-0.3, -0.25) is 4.99 Å². The fourth-order valence-electron chi connectivity index (χ4n) is 1.96. The van der Waals surface area contributed by atoms with Crippen molar-refractivity contribution in [2.45, 2.75) is 26.7 Å². The predicted molar refractivity (Wildman–Crippen MR) is 77.8 cm³/mol. The number of hydrogen-bond acceptors (Lipinski definition) is 3. The van der Waals surface area contributed by atoms with Crippen molar-refractivity contribution in [2.75, 3.05) is 17.6 Å². The van der Waals surface area contributed by atoms with Gasteiger partial charge < -0.3 is 5.32 Å². The van der Waals surface area contributed by atoms with Crippen molar-refractivity contribution in [3.05, 3.63) is 30.1 Å². The Balaban J connectivity index is 2.00. The molecule has 2 rings (SSSR count). The zero-order valence-electron chi connectivity index (χ0n) is 10.9. The van der Waals surface area contributed by atoms with E-state index < -0.39 is 0 Å². The highest BCUT2D eigenvalue weighted by Gasteiger charge is 2.30. The van der Waals surface area contributed by atoms with Gasteiger partial charge in [0.25, 0.3) is 0 Å². The topological polar surface area (TPSA) is 24.4 Å². The van der Waals surface area contributed by atoms with Crippen LogP contribution in [0.5, 0.6) is 0 Å². The molecule has 1 aliphatic heterocycles. The Bertz CT molecular complexity index is 424. The number of aliphatic imine (C=N–C) groups is 1. The fourth-order valence-corrected chi connectivity index (χ4v) is 3.25. The molecule has 0 atom stereocenters. The minimum atomic E-state index is -0.213. The van der Waals surface area contributed by atoms with Gasteiger partial charge >= 0.3 is 0 Å². The third kappa shape index (κ3) is 3.05. The summed E-state index contributed by atoms with van der Waals surface area (Å²) in [5.41, 5.74) is 1.25. The first-order chi connectivity index (χ1) is 8.67. The van der Waals surface area contributed by atoms with Gasteiger partial charge in [-0.2, -0.15) is 0 Å². The molecule has 0 unspecified atom stereocenters. The van der Waals surface area contributed by atoms with Gasteiger partial charge in [0, 0.05) is 18.0 Å². The molecule has 0 fully saturated rings. The van der Waals surface area contributed by atoms with E-state index in [1.54, 1.807) is 23.9 Å². The van der Waals surface area contributed by atoms with Crippen molar-refractivity contribution in [3.63, 3.8) is 0 Å². The second-order valence-electron chi connectivity index (χ2n) is 4.75. The van der Waals surface area contributed by atoms with Crippen LogP contribution in [0.25, 0.3) is 0 Å². The molecule has 2 nitrogen and oxygen atoms in total. The van der Waals surface area contributed by atoms with E-state index in [-0.39, 0.29) is 5.82 Å². The average Bonchev–Trinajstić information content (AvgIpc) is 2.43. The van der Waals surface area contributed by atoms with Crippen molar-refractivity contribution in [1.29, 1.82) is 0 Å². The Morgan fingerprint density at radius 3 is 2.44 bits per heavy atom. The summed E-state index contributed by atoms with van der Waals surface area (Å²) in [6.45, 7) is 5.35. The third-order valence-electron chi connectivity index (χ3n) is 3.67. The monoisotopic (exact) mass is 266 g/mol. The van der Waals surface area contributed by atoms with E-state index in [2.05, 4.69) is 24.2 Å². The maximum atomic E-state index is 12.8. The number of benzene rings is 1. The largest absolute Gasteiger partial charge is 0.335 e. The lowest BCUT2D eigenvalue weighted by atomic mass is 9.84. The van der Waals surface area contributed by atoms with E-state index in [0.29, 0.717) is 5.41 Å². The zero-order valence-corrected chi connectivity index (χ0v) is 11.7. The van der Waals surface area contributed by atoms with Crippen LogP contribution < -0.4 is 5.32 Å². The molecule has 0 bridgehead atoms. The average molecular weight is 266 g/mol. The van der Waals surface area contributed by atoms with E-state index in [0.717, 1.165) is 23.2 Å². The summed E-state index contributed by atoms with van der Waals surface area (Å²) < 4.78 is 12.8. The normalized spacial score (nSPS) is 18.3. The SMILES string of the molecule is CCC1(CC)CN=C(Nc2ccc(F)cc2)SC1. The molecule has 0 radical (unpaired) electrons. The van der Waals surface area contributed by atoms with Crippen LogP contribution in [0.3, 0.4) is 0 Å². The van der Waals surface area contributed by atoms with Crippen LogP contribution >= 0.6 is 11.8 Å². The van der Waals surface area contributed by atoms with Gasteiger partial charge in [-0.1, -0.05) is 25.6 Å². The lowest BCUT2D eigenvalue weighted by molar-refractivity contribution is 0.318. The van der Waals surface area contributed by atoms with Crippen LogP contribution in [0.1, 0.15) is 26.7 Å². The molecule has 0 aromatic heterocycles. The van der Waals surface area contributed by atoms with Gasteiger partial charge in [-0.25, -0.2) is 4.39 Å². The van der Waals surface area contributed by atoms with Gasteiger partial charge in [-0.05, 0) is 42.5 Å². The molecule has 1 aromatic rings. The summed E-state index contributed by atoms with van der Waals surface area (Å²) in [6.07, 6.45) is 2.34. The number of nitrogens with zero attached hydrogens (tertiary/aromatic N) is 1. The van der Waals surface area contributed by atoms with Crippen LogP contribution in [-0.2, 0) is 0 Å². The molecule has 0 spiro atoms. The summed E-state index contributed by atoms with van der Waals surface area (Å²) >= 11 is 1.76.